The van der Waals surface area contributed by atoms with Gasteiger partial charge in [0.05, 0.1) is 11.2 Å². The maximum Gasteiger partial charge on any atom is 0.113 e. The van der Waals surface area contributed by atoms with E-state index in [1.807, 2.05) is 11.3 Å². The third kappa shape index (κ3) is 2.43. The van der Waals surface area contributed by atoms with Gasteiger partial charge < -0.3 is 5.73 Å². The van der Waals surface area contributed by atoms with Gasteiger partial charge in [-0.05, 0) is 56.3 Å². The Morgan fingerprint density at radius 2 is 2.00 bits per heavy atom. The van der Waals surface area contributed by atoms with Gasteiger partial charge in [-0.2, -0.15) is 0 Å². The SMILES string of the molecule is CC1CCC(C(C)C)C(N)(c2nc3c(s2)CCCC3)C1. The van der Waals surface area contributed by atoms with Gasteiger partial charge in [0.25, 0.3) is 0 Å². The molecule has 1 aromatic rings. The lowest BCUT2D eigenvalue weighted by Gasteiger charge is -2.44. The van der Waals surface area contributed by atoms with Crippen LogP contribution in [0.4, 0.5) is 0 Å². The van der Waals surface area contributed by atoms with E-state index in [4.69, 9.17) is 10.7 Å². The molecular formula is C17H28N2S. The van der Waals surface area contributed by atoms with Crippen LogP contribution in [0.5, 0.6) is 0 Å². The number of thiazole rings is 1. The van der Waals surface area contributed by atoms with E-state index in [2.05, 4.69) is 20.8 Å². The third-order valence-corrected chi connectivity index (χ3v) is 6.72. The van der Waals surface area contributed by atoms with Gasteiger partial charge in [-0.1, -0.05) is 27.2 Å². The Morgan fingerprint density at radius 3 is 2.70 bits per heavy atom. The Morgan fingerprint density at radius 1 is 1.25 bits per heavy atom. The summed E-state index contributed by atoms with van der Waals surface area (Å²) in [6.07, 6.45) is 8.73. The van der Waals surface area contributed by atoms with Crippen molar-refractivity contribution in [2.24, 2.45) is 23.5 Å². The summed E-state index contributed by atoms with van der Waals surface area (Å²) >= 11 is 1.93. The third-order valence-electron chi connectivity index (χ3n) is 5.37. The van der Waals surface area contributed by atoms with Gasteiger partial charge in [-0.15, -0.1) is 11.3 Å². The van der Waals surface area contributed by atoms with Crippen molar-refractivity contribution in [2.75, 3.05) is 0 Å². The normalized spacial score (nSPS) is 34.2. The van der Waals surface area contributed by atoms with E-state index in [1.54, 1.807) is 0 Å². The Labute approximate surface area is 127 Å². The molecule has 0 bridgehead atoms. The molecular weight excluding hydrogens is 264 g/mol. The van der Waals surface area contributed by atoms with Gasteiger partial charge in [-0.25, -0.2) is 4.98 Å². The summed E-state index contributed by atoms with van der Waals surface area (Å²) in [4.78, 5) is 6.53. The fourth-order valence-electron chi connectivity index (χ4n) is 4.28. The molecule has 0 aliphatic heterocycles. The number of nitrogens with two attached hydrogens (primary N) is 1. The van der Waals surface area contributed by atoms with Crippen LogP contribution in [0, 0.1) is 17.8 Å². The summed E-state index contributed by atoms with van der Waals surface area (Å²) in [5.41, 5.74) is 8.17. The molecule has 2 aliphatic carbocycles. The van der Waals surface area contributed by atoms with Crippen LogP contribution in [0.25, 0.3) is 0 Å². The highest BCUT2D eigenvalue weighted by atomic mass is 32.1. The Kier molecular flexibility index (Phi) is 3.93. The van der Waals surface area contributed by atoms with Crippen LogP contribution in [-0.2, 0) is 18.4 Å². The first kappa shape index (κ1) is 14.5. The van der Waals surface area contributed by atoms with E-state index < -0.39 is 0 Å². The summed E-state index contributed by atoms with van der Waals surface area (Å²) < 4.78 is 0. The maximum absolute atomic E-state index is 6.98. The second kappa shape index (κ2) is 5.42. The van der Waals surface area contributed by atoms with E-state index in [1.165, 1.54) is 54.1 Å². The summed E-state index contributed by atoms with van der Waals surface area (Å²) in [5.74, 6) is 1.97. The molecule has 20 heavy (non-hydrogen) atoms. The molecule has 1 heterocycles. The summed E-state index contributed by atoms with van der Waals surface area (Å²) in [5, 5.41) is 1.25. The number of hydrogen-bond donors (Lipinski definition) is 1. The minimum absolute atomic E-state index is 0.173. The lowest BCUT2D eigenvalue weighted by Crippen LogP contribution is -2.50. The zero-order valence-electron chi connectivity index (χ0n) is 13.1. The lowest BCUT2D eigenvalue weighted by atomic mass is 9.65. The molecule has 1 saturated carbocycles. The second-order valence-corrected chi connectivity index (χ2v) is 8.46. The smallest absolute Gasteiger partial charge is 0.113 e. The highest BCUT2D eigenvalue weighted by Gasteiger charge is 2.45. The van der Waals surface area contributed by atoms with Gasteiger partial charge in [0.15, 0.2) is 0 Å². The van der Waals surface area contributed by atoms with Crippen LogP contribution < -0.4 is 5.73 Å². The Balaban J connectivity index is 1.97. The lowest BCUT2D eigenvalue weighted by molar-refractivity contribution is 0.108. The van der Waals surface area contributed by atoms with Crippen molar-refractivity contribution in [3.63, 3.8) is 0 Å². The molecule has 112 valence electrons. The first-order chi connectivity index (χ1) is 9.50. The average molecular weight is 292 g/mol. The molecule has 2 nitrogen and oxygen atoms in total. The fourth-order valence-corrected chi connectivity index (χ4v) is 5.60. The van der Waals surface area contributed by atoms with E-state index in [-0.39, 0.29) is 5.54 Å². The van der Waals surface area contributed by atoms with Crippen molar-refractivity contribution in [1.29, 1.82) is 0 Å². The van der Waals surface area contributed by atoms with Gasteiger partial charge in [0, 0.05) is 4.88 Å². The van der Waals surface area contributed by atoms with Crippen LogP contribution in [0.3, 0.4) is 0 Å². The zero-order valence-corrected chi connectivity index (χ0v) is 13.9. The van der Waals surface area contributed by atoms with Crippen LogP contribution in [0.1, 0.15) is 68.5 Å². The van der Waals surface area contributed by atoms with Crippen molar-refractivity contribution in [1.82, 2.24) is 4.98 Å². The summed E-state index contributed by atoms with van der Waals surface area (Å²) in [6, 6.07) is 0. The van der Waals surface area contributed by atoms with Crippen LogP contribution in [0.2, 0.25) is 0 Å². The molecule has 3 rings (SSSR count). The highest BCUT2D eigenvalue weighted by Crippen LogP contribution is 2.47. The van der Waals surface area contributed by atoms with Crippen molar-refractivity contribution in [2.45, 2.75) is 71.3 Å². The summed E-state index contributed by atoms with van der Waals surface area (Å²) in [7, 11) is 0. The predicted molar refractivity (Wildman–Crippen MR) is 86.0 cm³/mol. The van der Waals surface area contributed by atoms with E-state index in [9.17, 15) is 0 Å². The Hall–Kier alpha value is -0.410. The fraction of sp³-hybridized carbons (Fsp3) is 0.824. The monoisotopic (exact) mass is 292 g/mol. The van der Waals surface area contributed by atoms with Gasteiger partial charge in [0.1, 0.15) is 5.01 Å². The minimum atomic E-state index is -0.173. The molecule has 3 atom stereocenters. The average Bonchev–Trinajstić information content (AvgIpc) is 2.82. The van der Waals surface area contributed by atoms with Gasteiger partial charge >= 0.3 is 0 Å². The molecule has 1 aromatic heterocycles. The highest BCUT2D eigenvalue weighted by molar-refractivity contribution is 7.11. The largest absolute Gasteiger partial charge is 0.319 e. The molecule has 0 saturated heterocycles. The Bertz CT molecular complexity index is 456. The van der Waals surface area contributed by atoms with Crippen LogP contribution in [0.15, 0.2) is 0 Å². The molecule has 0 aromatic carbocycles. The molecule has 0 spiro atoms. The van der Waals surface area contributed by atoms with Crippen molar-refractivity contribution < 1.29 is 0 Å². The second-order valence-electron chi connectivity index (χ2n) is 7.37. The van der Waals surface area contributed by atoms with E-state index in [0.717, 1.165) is 12.3 Å². The van der Waals surface area contributed by atoms with Crippen LogP contribution in [-0.4, -0.2) is 4.98 Å². The quantitative estimate of drug-likeness (QED) is 0.884. The molecule has 2 aliphatic rings. The molecule has 3 unspecified atom stereocenters. The van der Waals surface area contributed by atoms with Crippen molar-refractivity contribution >= 4 is 11.3 Å². The molecule has 0 amide bonds. The summed E-state index contributed by atoms with van der Waals surface area (Å²) in [6.45, 7) is 7.01. The van der Waals surface area contributed by atoms with E-state index >= 15 is 0 Å². The topological polar surface area (TPSA) is 38.9 Å². The van der Waals surface area contributed by atoms with Crippen LogP contribution >= 0.6 is 11.3 Å². The first-order valence-electron chi connectivity index (χ1n) is 8.28. The predicted octanol–water partition coefficient (Wildman–Crippen LogP) is 4.27. The van der Waals surface area contributed by atoms with Crippen molar-refractivity contribution in [3.8, 4) is 0 Å². The van der Waals surface area contributed by atoms with Gasteiger partial charge in [-0.3, -0.25) is 0 Å². The van der Waals surface area contributed by atoms with E-state index in [0.29, 0.717) is 11.8 Å². The molecule has 3 heteroatoms. The standard InChI is InChI=1S/C17H28N2S/c1-11(2)13-9-8-12(3)10-17(13,18)16-19-14-6-4-5-7-15(14)20-16/h11-13H,4-10,18H2,1-3H3. The van der Waals surface area contributed by atoms with Gasteiger partial charge in [0.2, 0.25) is 0 Å². The number of fused-ring (bicyclic) bond motifs is 1. The number of nitrogens with zero attached hydrogens (tertiary/aromatic N) is 1. The zero-order chi connectivity index (χ0) is 14.3. The molecule has 0 radical (unpaired) electrons. The van der Waals surface area contributed by atoms with Crippen molar-refractivity contribution in [3.05, 3.63) is 15.6 Å². The molecule has 1 fully saturated rings. The molecule has 2 N–H and O–H groups in total. The minimum Gasteiger partial charge on any atom is -0.319 e. The number of rotatable bonds is 2. The number of aromatic nitrogens is 1. The maximum atomic E-state index is 6.98. The first-order valence-corrected chi connectivity index (χ1v) is 9.10. The number of hydrogen-bond acceptors (Lipinski definition) is 3. The number of aryl methyl sites for hydroxylation is 2.